The molecule has 0 unspecified atom stereocenters. The van der Waals surface area contributed by atoms with Gasteiger partial charge in [-0.25, -0.2) is 4.99 Å². The number of nitrogens with zero attached hydrogens (tertiary/aromatic N) is 3. The van der Waals surface area contributed by atoms with Crippen molar-refractivity contribution in [1.29, 1.82) is 5.26 Å². The first kappa shape index (κ1) is 15.6. The molecule has 0 aliphatic carbocycles. The predicted octanol–water partition coefficient (Wildman–Crippen LogP) is 4.71. The van der Waals surface area contributed by atoms with Gasteiger partial charge in [0.1, 0.15) is 11.9 Å². The van der Waals surface area contributed by atoms with E-state index in [0.717, 1.165) is 31.8 Å². The van der Waals surface area contributed by atoms with E-state index in [2.05, 4.69) is 40.2 Å². The van der Waals surface area contributed by atoms with Crippen LogP contribution in [-0.4, -0.2) is 17.3 Å². The molecule has 23 heavy (non-hydrogen) atoms. The SMILES string of the molecule is CC(=Nc1cccc(Cl)c1C#N)N1CCCc2ccccc2C1. The molecule has 1 aliphatic rings. The van der Waals surface area contributed by atoms with Crippen LogP contribution >= 0.6 is 11.6 Å². The van der Waals surface area contributed by atoms with Crippen molar-refractivity contribution in [3.8, 4) is 6.07 Å². The van der Waals surface area contributed by atoms with Crippen molar-refractivity contribution >= 4 is 23.1 Å². The zero-order valence-electron chi connectivity index (χ0n) is 13.1. The number of benzene rings is 2. The molecular weight excluding hydrogens is 306 g/mol. The molecule has 0 fully saturated rings. The predicted molar refractivity (Wildman–Crippen MR) is 94.1 cm³/mol. The zero-order chi connectivity index (χ0) is 16.2. The molecule has 1 heterocycles. The molecule has 0 N–H and O–H groups in total. The molecule has 1 aliphatic heterocycles. The molecule has 4 heteroatoms. The van der Waals surface area contributed by atoms with E-state index in [0.29, 0.717) is 16.3 Å². The molecule has 0 saturated carbocycles. The van der Waals surface area contributed by atoms with Gasteiger partial charge in [-0.15, -0.1) is 0 Å². The third kappa shape index (κ3) is 3.38. The maximum atomic E-state index is 9.28. The van der Waals surface area contributed by atoms with E-state index in [1.807, 2.05) is 19.1 Å². The van der Waals surface area contributed by atoms with E-state index >= 15 is 0 Å². The average Bonchev–Trinajstić information content (AvgIpc) is 2.77. The lowest BCUT2D eigenvalue weighted by Crippen LogP contribution is -2.28. The van der Waals surface area contributed by atoms with Crippen LogP contribution in [0.4, 0.5) is 5.69 Å². The summed E-state index contributed by atoms with van der Waals surface area (Å²) in [4.78, 5) is 6.94. The Hall–Kier alpha value is -2.31. The van der Waals surface area contributed by atoms with Gasteiger partial charge in [0, 0.05) is 13.1 Å². The van der Waals surface area contributed by atoms with Crippen molar-refractivity contribution in [1.82, 2.24) is 4.90 Å². The molecule has 0 radical (unpaired) electrons. The van der Waals surface area contributed by atoms with Gasteiger partial charge in [-0.2, -0.15) is 5.26 Å². The minimum atomic E-state index is 0.434. The summed E-state index contributed by atoms with van der Waals surface area (Å²) >= 11 is 6.09. The Morgan fingerprint density at radius 1 is 1.17 bits per heavy atom. The first-order chi connectivity index (χ1) is 11.2. The molecule has 3 rings (SSSR count). The second-order valence-corrected chi connectivity index (χ2v) is 6.11. The number of aryl methyl sites for hydroxylation is 1. The van der Waals surface area contributed by atoms with Crippen molar-refractivity contribution in [3.05, 3.63) is 64.2 Å². The zero-order valence-corrected chi connectivity index (χ0v) is 13.8. The summed E-state index contributed by atoms with van der Waals surface area (Å²) in [6.45, 7) is 3.82. The van der Waals surface area contributed by atoms with Crippen LogP contribution in [0.25, 0.3) is 0 Å². The topological polar surface area (TPSA) is 39.4 Å². The minimum absolute atomic E-state index is 0.434. The van der Waals surface area contributed by atoms with Crippen molar-refractivity contribution in [2.24, 2.45) is 4.99 Å². The van der Waals surface area contributed by atoms with Crippen LogP contribution < -0.4 is 0 Å². The summed E-state index contributed by atoms with van der Waals surface area (Å²) in [5, 5.41) is 9.73. The summed E-state index contributed by atoms with van der Waals surface area (Å²) < 4.78 is 0. The number of halogens is 1. The standard InChI is InChI=1S/C19H18ClN3/c1-14(22-19-10-4-9-18(20)17(19)12-21)23-11-5-8-15-6-2-3-7-16(15)13-23/h2-4,6-7,9-10H,5,8,11,13H2,1H3. The fourth-order valence-corrected chi connectivity index (χ4v) is 3.15. The molecule has 116 valence electrons. The molecule has 2 aromatic carbocycles. The number of rotatable bonds is 1. The highest BCUT2D eigenvalue weighted by Gasteiger charge is 2.15. The monoisotopic (exact) mass is 323 g/mol. The Balaban J connectivity index is 1.90. The van der Waals surface area contributed by atoms with E-state index in [9.17, 15) is 5.26 Å². The van der Waals surface area contributed by atoms with Crippen LogP contribution in [0.5, 0.6) is 0 Å². The van der Waals surface area contributed by atoms with Gasteiger partial charge in [0.2, 0.25) is 0 Å². The van der Waals surface area contributed by atoms with Gasteiger partial charge < -0.3 is 4.90 Å². The van der Waals surface area contributed by atoms with Crippen molar-refractivity contribution in [2.45, 2.75) is 26.3 Å². The van der Waals surface area contributed by atoms with Gasteiger partial charge >= 0.3 is 0 Å². The number of aliphatic imine (C=N–C) groups is 1. The minimum Gasteiger partial charge on any atom is -0.356 e. The van der Waals surface area contributed by atoms with E-state index < -0.39 is 0 Å². The molecule has 0 bridgehead atoms. The second kappa shape index (κ2) is 6.85. The maximum Gasteiger partial charge on any atom is 0.103 e. The molecule has 0 amide bonds. The summed E-state index contributed by atoms with van der Waals surface area (Å²) in [6, 6.07) is 16.1. The summed E-state index contributed by atoms with van der Waals surface area (Å²) in [5.41, 5.74) is 3.84. The number of nitriles is 1. The van der Waals surface area contributed by atoms with Gasteiger partial charge in [0.25, 0.3) is 0 Å². The fraction of sp³-hybridized carbons (Fsp3) is 0.263. The van der Waals surface area contributed by atoms with Gasteiger partial charge in [-0.1, -0.05) is 41.9 Å². The number of hydrogen-bond donors (Lipinski definition) is 0. The quantitative estimate of drug-likeness (QED) is 0.563. The van der Waals surface area contributed by atoms with Gasteiger partial charge in [-0.05, 0) is 43.0 Å². The van der Waals surface area contributed by atoms with Crippen LogP contribution in [0.1, 0.15) is 30.0 Å². The lowest BCUT2D eigenvalue weighted by molar-refractivity contribution is 0.415. The fourth-order valence-electron chi connectivity index (χ4n) is 2.94. The van der Waals surface area contributed by atoms with E-state index in [1.54, 1.807) is 6.07 Å². The first-order valence-electron chi connectivity index (χ1n) is 7.74. The Kier molecular flexibility index (Phi) is 4.64. The Bertz CT molecular complexity index is 789. The third-order valence-corrected chi connectivity index (χ3v) is 4.51. The highest BCUT2D eigenvalue weighted by molar-refractivity contribution is 6.32. The number of hydrogen-bond acceptors (Lipinski definition) is 2. The van der Waals surface area contributed by atoms with Crippen LogP contribution in [0, 0.1) is 11.3 Å². The van der Waals surface area contributed by atoms with Gasteiger partial charge in [0.15, 0.2) is 0 Å². The summed E-state index contributed by atoms with van der Waals surface area (Å²) in [7, 11) is 0. The normalized spacial score (nSPS) is 14.8. The molecule has 0 aromatic heterocycles. The molecule has 0 spiro atoms. The Morgan fingerprint density at radius 3 is 2.74 bits per heavy atom. The van der Waals surface area contributed by atoms with Gasteiger partial charge in [0.05, 0.1) is 16.3 Å². The van der Waals surface area contributed by atoms with E-state index in [1.165, 1.54) is 11.1 Å². The smallest absolute Gasteiger partial charge is 0.103 e. The van der Waals surface area contributed by atoms with Crippen molar-refractivity contribution < 1.29 is 0 Å². The molecule has 2 aromatic rings. The number of amidine groups is 1. The van der Waals surface area contributed by atoms with Crippen LogP contribution in [0.3, 0.4) is 0 Å². The molecular formula is C19H18ClN3. The Labute approximate surface area is 141 Å². The van der Waals surface area contributed by atoms with E-state index in [-0.39, 0.29) is 0 Å². The molecule has 3 nitrogen and oxygen atoms in total. The maximum absolute atomic E-state index is 9.28. The number of fused-ring (bicyclic) bond motifs is 1. The Morgan fingerprint density at radius 2 is 1.96 bits per heavy atom. The summed E-state index contributed by atoms with van der Waals surface area (Å²) in [6.07, 6.45) is 2.20. The lowest BCUT2D eigenvalue weighted by Gasteiger charge is -2.22. The van der Waals surface area contributed by atoms with Crippen LogP contribution in [0.15, 0.2) is 47.5 Å². The van der Waals surface area contributed by atoms with Crippen molar-refractivity contribution in [2.75, 3.05) is 6.54 Å². The summed E-state index contributed by atoms with van der Waals surface area (Å²) in [5.74, 6) is 0.917. The average molecular weight is 324 g/mol. The molecule has 0 saturated heterocycles. The molecule has 0 atom stereocenters. The van der Waals surface area contributed by atoms with Gasteiger partial charge in [-0.3, -0.25) is 0 Å². The van der Waals surface area contributed by atoms with Crippen LogP contribution in [-0.2, 0) is 13.0 Å². The van der Waals surface area contributed by atoms with E-state index in [4.69, 9.17) is 11.6 Å². The highest BCUT2D eigenvalue weighted by Crippen LogP contribution is 2.27. The largest absolute Gasteiger partial charge is 0.356 e. The first-order valence-corrected chi connectivity index (χ1v) is 8.12. The lowest BCUT2D eigenvalue weighted by atomic mass is 10.0. The van der Waals surface area contributed by atoms with Crippen LogP contribution in [0.2, 0.25) is 5.02 Å². The second-order valence-electron chi connectivity index (χ2n) is 5.70. The third-order valence-electron chi connectivity index (χ3n) is 4.20. The highest BCUT2D eigenvalue weighted by atomic mass is 35.5. The van der Waals surface area contributed by atoms with Crippen molar-refractivity contribution in [3.63, 3.8) is 0 Å².